The topological polar surface area (TPSA) is 62.1 Å². The normalized spacial score (nSPS) is 10.9. The fraction of sp³-hybridized carbons (Fsp3) is 0.304. The molecule has 27 heavy (non-hydrogen) atoms. The van der Waals surface area contributed by atoms with E-state index in [-0.39, 0.29) is 5.57 Å². The number of amides is 1. The minimum Gasteiger partial charge on any atom is -0.493 e. The summed E-state index contributed by atoms with van der Waals surface area (Å²) in [6.45, 7) is 4.78. The molecule has 140 valence electrons. The van der Waals surface area contributed by atoms with E-state index in [4.69, 9.17) is 4.74 Å². The van der Waals surface area contributed by atoms with Crippen molar-refractivity contribution in [3.8, 4) is 11.8 Å². The lowest BCUT2D eigenvalue weighted by molar-refractivity contribution is -0.112. The predicted molar refractivity (Wildman–Crippen MR) is 110 cm³/mol. The van der Waals surface area contributed by atoms with Crippen LogP contribution < -0.4 is 10.1 Å². The van der Waals surface area contributed by atoms with E-state index in [2.05, 4.69) is 12.2 Å². The number of carbonyl (C=O) groups excluding carboxylic acids is 1. The van der Waals surface area contributed by atoms with Gasteiger partial charge in [-0.1, -0.05) is 50.6 Å². The lowest BCUT2D eigenvalue weighted by atomic mass is 10.1. The molecule has 1 amide bonds. The zero-order valence-electron chi connectivity index (χ0n) is 16.0. The minimum atomic E-state index is -0.427. The van der Waals surface area contributed by atoms with Gasteiger partial charge in [0.05, 0.1) is 6.61 Å². The third kappa shape index (κ3) is 6.31. The van der Waals surface area contributed by atoms with Gasteiger partial charge in [-0.2, -0.15) is 5.26 Å². The van der Waals surface area contributed by atoms with Crippen LogP contribution in [0.15, 0.2) is 54.1 Å². The summed E-state index contributed by atoms with van der Waals surface area (Å²) in [5, 5.41) is 12.2. The highest BCUT2D eigenvalue weighted by Crippen LogP contribution is 2.22. The molecule has 4 heteroatoms. The van der Waals surface area contributed by atoms with Crippen LogP contribution in [0.25, 0.3) is 6.08 Å². The Morgan fingerprint density at radius 3 is 2.52 bits per heavy atom. The third-order valence-corrected chi connectivity index (χ3v) is 4.08. The predicted octanol–water partition coefficient (Wildman–Crippen LogP) is 5.36. The SMILES string of the molecule is CCCCc1ccc(NC(=O)/C(C#N)=C/c2ccccc2OCCC)cc1. The molecule has 2 rings (SSSR count). The van der Waals surface area contributed by atoms with Gasteiger partial charge in [0.25, 0.3) is 5.91 Å². The van der Waals surface area contributed by atoms with Crippen molar-refractivity contribution in [2.75, 3.05) is 11.9 Å². The monoisotopic (exact) mass is 362 g/mol. The largest absolute Gasteiger partial charge is 0.493 e. The number of hydrogen-bond donors (Lipinski definition) is 1. The molecule has 0 atom stereocenters. The van der Waals surface area contributed by atoms with Crippen LogP contribution >= 0.6 is 0 Å². The van der Waals surface area contributed by atoms with Gasteiger partial charge in [0.15, 0.2) is 0 Å². The Hall–Kier alpha value is -3.06. The molecular weight excluding hydrogens is 336 g/mol. The molecule has 0 bridgehead atoms. The van der Waals surface area contributed by atoms with Crippen LogP contribution in [0.5, 0.6) is 5.75 Å². The average molecular weight is 362 g/mol. The lowest BCUT2D eigenvalue weighted by Gasteiger charge is -2.09. The molecule has 0 saturated heterocycles. The van der Waals surface area contributed by atoms with Gasteiger partial charge in [0.2, 0.25) is 0 Å². The van der Waals surface area contributed by atoms with Crippen molar-refractivity contribution in [1.29, 1.82) is 5.26 Å². The molecule has 0 aromatic heterocycles. The number of nitriles is 1. The maximum atomic E-state index is 12.5. The number of aryl methyl sites for hydroxylation is 1. The Labute approximate surface area is 161 Å². The summed E-state index contributed by atoms with van der Waals surface area (Å²) < 4.78 is 5.69. The number of unbranched alkanes of at least 4 members (excludes halogenated alkanes) is 1. The number of ether oxygens (including phenoxy) is 1. The molecule has 0 aliphatic carbocycles. The fourth-order valence-electron chi connectivity index (χ4n) is 2.58. The standard InChI is InChI=1S/C23H26N2O2/c1-3-5-8-18-11-13-21(14-12-18)25-23(26)20(17-24)16-19-9-6-7-10-22(19)27-15-4-2/h6-7,9-14,16H,3-5,8,15H2,1-2H3,(H,25,26)/b20-16+. The number of nitrogens with zero attached hydrogens (tertiary/aromatic N) is 1. The summed E-state index contributed by atoms with van der Waals surface area (Å²) in [5.74, 6) is 0.240. The molecule has 0 radical (unpaired) electrons. The Balaban J connectivity index is 2.12. The van der Waals surface area contributed by atoms with Crippen LogP contribution in [0, 0.1) is 11.3 Å². The highest BCUT2D eigenvalue weighted by Gasteiger charge is 2.11. The third-order valence-electron chi connectivity index (χ3n) is 4.08. The van der Waals surface area contributed by atoms with E-state index in [0.717, 1.165) is 25.7 Å². The molecule has 0 spiro atoms. The lowest BCUT2D eigenvalue weighted by Crippen LogP contribution is -2.13. The van der Waals surface area contributed by atoms with E-state index < -0.39 is 5.91 Å². The van der Waals surface area contributed by atoms with Crippen LogP contribution in [-0.2, 0) is 11.2 Å². The highest BCUT2D eigenvalue weighted by atomic mass is 16.5. The fourth-order valence-corrected chi connectivity index (χ4v) is 2.58. The summed E-state index contributed by atoms with van der Waals surface area (Å²) in [6, 6.07) is 17.1. The second-order valence-electron chi connectivity index (χ2n) is 6.31. The van der Waals surface area contributed by atoms with E-state index in [9.17, 15) is 10.1 Å². The van der Waals surface area contributed by atoms with Gasteiger partial charge in [-0.25, -0.2) is 0 Å². The molecular formula is C23H26N2O2. The number of carbonyl (C=O) groups is 1. The number of nitrogens with one attached hydrogen (secondary N) is 1. The molecule has 0 aliphatic heterocycles. The molecule has 2 aromatic rings. The molecule has 0 unspecified atom stereocenters. The maximum Gasteiger partial charge on any atom is 0.266 e. The minimum absolute atomic E-state index is 0.0395. The maximum absolute atomic E-state index is 12.5. The van der Waals surface area contributed by atoms with Crippen molar-refractivity contribution >= 4 is 17.7 Å². The van der Waals surface area contributed by atoms with Crippen LogP contribution in [0.2, 0.25) is 0 Å². The van der Waals surface area contributed by atoms with E-state index in [0.29, 0.717) is 23.6 Å². The van der Waals surface area contributed by atoms with Crippen LogP contribution in [0.4, 0.5) is 5.69 Å². The van der Waals surface area contributed by atoms with E-state index in [1.807, 2.05) is 61.5 Å². The second kappa shape index (κ2) is 10.8. The zero-order valence-corrected chi connectivity index (χ0v) is 16.0. The van der Waals surface area contributed by atoms with Crippen LogP contribution in [0.1, 0.15) is 44.2 Å². The number of para-hydroxylation sites is 1. The van der Waals surface area contributed by atoms with Gasteiger partial charge >= 0.3 is 0 Å². The molecule has 0 fully saturated rings. The number of hydrogen-bond acceptors (Lipinski definition) is 3. The van der Waals surface area contributed by atoms with Gasteiger partial charge < -0.3 is 10.1 Å². The van der Waals surface area contributed by atoms with Crippen molar-refractivity contribution in [3.05, 3.63) is 65.2 Å². The van der Waals surface area contributed by atoms with E-state index in [1.165, 1.54) is 5.56 Å². The second-order valence-corrected chi connectivity index (χ2v) is 6.31. The average Bonchev–Trinajstić information content (AvgIpc) is 2.70. The first kappa shape index (κ1) is 20.3. The van der Waals surface area contributed by atoms with Gasteiger partial charge in [-0.05, 0) is 49.1 Å². The smallest absolute Gasteiger partial charge is 0.266 e. The first-order chi connectivity index (χ1) is 13.2. The quantitative estimate of drug-likeness (QED) is 0.482. The first-order valence-electron chi connectivity index (χ1n) is 9.41. The van der Waals surface area contributed by atoms with E-state index in [1.54, 1.807) is 6.08 Å². The number of rotatable bonds is 9. The van der Waals surface area contributed by atoms with Gasteiger partial charge in [0, 0.05) is 11.3 Å². The summed E-state index contributed by atoms with van der Waals surface area (Å²) in [7, 11) is 0. The summed E-state index contributed by atoms with van der Waals surface area (Å²) in [6.07, 6.45) is 5.78. The van der Waals surface area contributed by atoms with Gasteiger partial charge in [-0.15, -0.1) is 0 Å². The molecule has 0 heterocycles. The Morgan fingerprint density at radius 2 is 1.85 bits per heavy atom. The summed E-state index contributed by atoms with van der Waals surface area (Å²) in [4.78, 5) is 12.5. The van der Waals surface area contributed by atoms with Crippen molar-refractivity contribution in [1.82, 2.24) is 0 Å². The molecule has 0 aliphatic rings. The Morgan fingerprint density at radius 1 is 1.11 bits per heavy atom. The Bertz CT molecular complexity index is 817. The van der Waals surface area contributed by atoms with Crippen LogP contribution in [0.3, 0.4) is 0 Å². The molecule has 2 aromatic carbocycles. The summed E-state index contributed by atoms with van der Waals surface area (Å²) in [5.41, 5.74) is 2.68. The molecule has 0 saturated carbocycles. The van der Waals surface area contributed by atoms with E-state index >= 15 is 0 Å². The molecule has 1 N–H and O–H groups in total. The number of benzene rings is 2. The van der Waals surface area contributed by atoms with Gasteiger partial charge in [-0.3, -0.25) is 4.79 Å². The van der Waals surface area contributed by atoms with Crippen molar-refractivity contribution in [2.24, 2.45) is 0 Å². The number of anilines is 1. The van der Waals surface area contributed by atoms with Crippen molar-refractivity contribution in [2.45, 2.75) is 39.5 Å². The van der Waals surface area contributed by atoms with Crippen LogP contribution in [-0.4, -0.2) is 12.5 Å². The Kier molecular flexibility index (Phi) is 8.12. The van der Waals surface area contributed by atoms with Crippen molar-refractivity contribution in [3.63, 3.8) is 0 Å². The zero-order chi connectivity index (χ0) is 19.5. The summed E-state index contributed by atoms with van der Waals surface area (Å²) >= 11 is 0. The molecule has 4 nitrogen and oxygen atoms in total. The highest BCUT2D eigenvalue weighted by molar-refractivity contribution is 6.09. The van der Waals surface area contributed by atoms with Gasteiger partial charge in [0.1, 0.15) is 17.4 Å². The van der Waals surface area contributed by atoms with Crippen molar-refractivity contribution < 1.29 is 9.53 Å². The first-order valence-corrected chi connectivity index (χ1v) is 9.41.